The Bertz CT molecular complexity index is 1560. The van der Waals surface area contributed by atoms with Gasteiger partial charge >= 0.3 is 5.97 Å². The van der Waals surface area contributed by atoms with Gasteiger partial charge in [0.2, 0.25) is 0 Å². The number of hydrogen-bond acceptors (Lipinski definition) is 8. The highest BCUT2D eigenvalue weighted by Crippen LogP contribution is 2.36. The summed E-state index contributed by atoms with van der Waals surface area (Å²) in [5.41, 5.74) is 2.04. The van der Waals surface area contributed by atoms with Gasteiger partial charge < -0.3 is 18.9 Å². The Morgan fingerprint density at radius 3 is 2.46 bits per heavy atom. The van der Waals surface area contributed by atoms with Crippen molar-refractivity contribution in [1.29, 1.82) is 0 Å². The number of thiazole rings is 1. The summed E-state index contributed by atoms with van der Waals surface area (Å²) in [7, 11) is 3.16. The van der Waals surface area contributed by atoms with Gasteiger partial charge in [0, 0.05) is 0 Å². The van der Waals surface area contributed by atoms with E-state index in [0.717, 1.165) is 10.0 Å². The number of halogens is 1. The minimum atomic E-state index is -0.745. The number of aromatic nitrogens is 1. The lowest BCUT2D eigenvalue weighted by atomic mass is 9.95. The summed E-state index contributed by atoms with van der Waals surface area (Å²) in [6, 6.07) is 10.2. The van der Waals surface area contributed by atoms with Crippen molar-refractivity contribution in [3.8, 4) is 17.2 Å². The van der Waals surface area contributed by atoms with Crippen molar-refractivity contribution in [1.82, 2.24) is 4.57 Å². The van der Waals surface area contributed by atoms with Crippen molar-refractivity contribution >= 4 is 39.3 Å². The quantitative estimate of drug-likeness (QED) is 0.371. The molecule has 0 bridgehead atoms. The molecule has 0 N–H and O–H groups in total. The second-order valence-corrected chi connectivity index (χ2v) is 9.90. The first kappa shape index (κ1) is 26.7. The molecule has 8 nitrogen and oxygen atoms in total. The molecule has 0 fully saturated rings. The molecule has 0 saturated heterocycles. The molecule has 4 rings (SSSR count). The molecular weight excluding hydrogens is 560 g/mol. The first-order valence-electron chi connectivity index (χ1n) is 11.7. The summed E-state index contributed by atoms with van der Waals surface area (Å²) in [5.74, 6) is 1.25. The van der Waals surface area contributed by atoms with Gasteiger partial charge in [0.25, 0.3) is 5.56 Å². The van der Waals surface area contributed by atoms with E-state index in [1.807, 2.05) is 31.2 Å². The van der Waals surface area contributed by atoms with Crippen molar-refractivity contribution in [3.63, 3.8) is 0 Å². The predicted molar refractivity (Wildman–Crippen MR) is 145 cm³/mol. The Morgan fingerprint density at radius 2 is 1.81 bits per heavy atom. The smallest absolute Gasteiger partial charge is 0.338 e. The highest BCUT2D eigenvalue weighted by atomic mass is 79.9. The molecule has 3 aromatic rings. The van der Waals surface area contributed by atoms with Gasteiger partial charge in [0.05, 0.1) is 53.8 Å². The van der Waals surface area contributed by atoms with E-state index in [-0.39, 0.29) is 12.2 Å². The fourth-order valence-corrected chi connectivity index (χ4v) is 5.77. The summed E-state index contributed by atoms with van der Waals surface area (Å²) in [6.45, 7) is 6.00. The van der Waals surface area contributed by atoms with E-state index in [1.54, 1.807) is 50.8 Å². The number of methoxy groups -OCH3 is 2. The Kier molecular flexibility index (Phi) is 8.19. The van der Waals surface area contributed by atoms with Gasteiger partial charge in [-0.2, -0.15) is 0 Å². The highest BCUT2D eigenvalue weighted by molar-refractivity contribution is 9.10. The molecule has 0 unspecified atom stereocenters. The van der Waals surface area contributed by atoms with E-state index in [1.165, 1.54) is 11.3 Å². The molecule has 10 heteroatoms. The van der Waals surface area contributed by atoms with Crippen molar-refractivity contribution in [2.75, 3.05) is 27.4 Å². The summed E-state index contributed by atoms with van der Waals surface area (Å²) in [4.78, 5) is 32.0. The maximum Gasteiger partial charge on any atom is 0.338 e. The van der Waals surface area contributed by atoms with E-state index in [2.05, 4.69) is 20.9 Å². The molecule has 0 aliphatic carbocycles. The monoisotopic (exact) mass is 586 g/mol. The van der Waals surface area contributed by atoms with Gasteiger partial charge in [0.1, 0.15) is 5.75 Å². The van der Waals surface area contributed by atoms with Crippen LogP contribution in [0.3, 0.4) is 0 Å². The Hall–Kier alpha value is -3.37. The zero-order chi connectivity index (χ0) is 26.7. The molecule has 0 amide bonds. The van der Waals surface area contributed by atoms with Crippen LogP contribution in [0.5, 0.6) is 17.2 Å². The number of carbonyl (C=O) groups is 1. The summed E-state index contributed by atoms with van der Waals surface area (Å²) in [5, 5.41) is 0. The predicted octanol–water partition coefficient (Wildman–Crippen LogP) is 3.98. The highest BCUT2D eigenvalue weighted by Gasteiger charge is 2.34. The lowest BCUT2D eigenvalue weighted by Crippen LogP contribution is -2.40. The minimum absolute atomic E-state index is 0.200. The first-order chi connectivity index (χ1) is 17.8. The van der Waals surface area contributed by atoms with E-state index in [9.17, 15) is 9.59 Å². The van der Waals surface area contributed by atoms with Crippen LogP contribution in [0.25, 0.3) is 6.08 Å². The average Bonchev–Trinajstić information content (AvgIpc) is 3.17. The molecule has 2 heterocycles. The molecule has 0 spiro atoms. The summed E-state index contributed by atoms with van der Waals surface area (Å²) in [6.07, 6.45) is 1.80. The molecule has 2 aromatic carbocycles. The van der Waals surface area contributed by atoms with Gasteiger partial charge in [0.15, 0.2) is 16.3 Å². The average molecular weight is 587 g/mol. The molecule has 37 heavy (non-hydrogen) atoms. The number of allylic oxidation sites excluding steroid dienone is 1. The van der Waals surface area contributed by atoms with Gasteiger partial charge in [-0.1, -0.05) is 23.5 Å². The van der Waals surface area contributed by atoms with Crippen molar-refractivity contribution in [2.45, 2.75) is 26.8 Å². The molecule has 194 valence electrons. The number of carbonyl (C=O) groups excluding carboxylic acids is 1. The molecular formula is C27H27BrN2O6S. The van der Waals surface area contributed by atoms with Gasteiger partial charge in [-0.05, 0) is 78.2 Å². The van der Waals surface area contributed by atoms with Crippen LogP contribution in [-0.4, -0.2) is 38.0 Å². The maximum absolute atomic E-state index is 13.8. The Labute approximate surface area is 226 Å². The number of esters is 1. The van der Waals surface area contributed by atoms with E-state index in [4.69, 9.17) is 18.9 Å². The summed E-state index contributed by atoms with van der Waals surface area (Å²) < 4.78 is 24.7. The molecule has 1 aliphatic rings. The number of benzene rings is 2. The number of hydrogen-bond donors (Lipinski definition) is 0. The molecule has 0 radical (unpaired) electrons. The number of rotatable bonds is 8. The Morgan fingerprint density at radius 1 is 1.08 bits per heavy atom. The lowest BCUT2D eigenvalue weighted by molar-refractivity contribution is -0.139. The normalized spacial score (nSPS) is 15.2. The van der Waals surface area contributed by atoms with Crippen LogP contribution >= 0.6 is 27.3 Å². The van der Waals surface area contributed by atoms with Crippen LogP contribution in [0.2, 0.25) is 0 Å². The van der Waals surface area contributed by atoms with Gasteiger partial charge in [-0.25, -0.2) is 9.79 Å². The van der Waals surface area contributed by atoms with Crippen LogP contribution in [0.4, 0.5) is 0 Å². The third kappa shape index (κ3) is 5.21. The lowest BCUT2D eigenvalue weighted by Gasteiger charge is -2.25. The zero-order valence-electron chi connectivity index (χ0n) is 21.2. The molecule has 1 aromatic heterocycles. The van der Waals surface area contributed by atoms with Crippen LogP contribution in [0.1, 0.15) is 37.9 Å². The van der Waals surface area contributed by atoms with Crippen LogP contribution < -0.4 is 29.1 Å². The van der Waals surface area contributed by atoms with Gasteiger partial charge in [-0.15, -0.1) is 0 Å². The van der Waals surface area contributed by atoms with Crippen LogP contribution in [-0.2, 0) is 9.53 Å². The maximum atomic E-state index is 13.8. The minimum Gasteiger partial charge on any atom is -0.496 e. The summed E-state index contributed by atoms with van der Waals surface area (Å²) >= 11 is 4.75. The van der Waals surface area contributed by atoms with E-state index < -0.39 is 12.0 Å². The molecule has 0 saturated carbocycles. The second kappa shape index (κ2) is 11.4. The first-order valence-corrected chi connectivity index (χ1v) is 13.3. The molecule has 1 atom stereocenters. The van der Waals surface area contributed by atoms with E-state index >= 15 is 0 Å². The largest absolute Gasteiger partial charge is 0.496 e. The Balaban J connectivity index is 1.94. The number of ether oxygens (including phenoxy) is 4. The van der Waals surface area contributed by atoms with Crippen molar-refractivity contribution in [2.24, 2.45) is 4.99 Å². The SMILES string of the molecule is CCOC(=O)C1=C(C)N=c2s/c(=C\c3ccc(OC)c(Br)c3)c(=O)n2[C@@H]1c1ccc(OC)c(OCC)c1. The third-order valence-corrected chi connectivity index (χ3v) is 7.40. The fourth-order valence-electron chi connectivity index (χ4n) is 4.16. The topological polar surface area (TPSA) is 88.4 Å². The fraction of sp³-hybridized carbons (Fsp3) is 0.296. The van der Waals surface area contributed by atoms with Gasteiger partial charge in [-0.3, -0.25) is 9.36 Å². The third-order valence-electron chi connectivity index (χ3n) is 5.79. The van der Waals surface area contributed by atoms with Crippen molar-refractivity contribution in [3.05, 3.63) is 83.0 Å². The van der Waals surface area contributed by atoms with Crippen molar-refractivity contribution < 1.29 is 23.7 Å². The standard InChI is InChI=1S/C27H27BrN2O6S/c1-6-35-21-14-17(9-11-20(21)34-5)24-23(26(32)36-7-2)15(3)29-27-30(24)25(31)22(37-27)13-16-8-10-19(33-4)18(28)12-16/h8-14,24H,6-7H2,1-5H3/b22-13-/t24-/m1/s1. The van der Waals surface area contributed by atoms with Crippen LogP contribution in [0, 0.1) is 0 Å². The molecule has 1 aliphatic heterocycles. The number of fused-ring (bicyclic) bond motifs is 1. The van der Waals surface area contributed by atoms with E-state index in [0.29, 0.717) is 50.0 Å². The van der Waals surface area contributed by atoms with Crippen LogP contribution in [0.15, 0.2) is 61.9 Å². The zero-order valence-corrected chi connectivity index (χ0v) is 23.6. The number of nitrogens with zero attached hydrogens (tertiary/aromatic N) is 2. The second-order valence-electron chi connectivity index (χ2n) is 8.04.